The van der Waals surface area contributed by atoms with Crippen LogP contribution in [-0.4, -0.2) is 6.26 Å². The standard InChI is InChI=1S/C9H11FS/c1-3-7-6-8(11-2)4-5-9(7)10/h4-6H,3H2,1-2H3. The van der Waals surface area contributed by atoms with Crippen molar-refractivity contribution in [3.8, 4) is 0 Å². The van der Waals surface area contributed by atoms with Gasteiger partial charge in [-0.25, -0.2) is 4.39 Å². The minimum atomic E-state index is -0.0923. The van der Waals surface area contributed by atoms with Crippen LogP contribution in [0.2, 0.25) is 0 Å². The molecule has 11 heavy (non-hydrogen) atoms. The molecule has 0 aliphatic carbocycles. The third kappa shape index (κ3) is 1.96. The molecule has 0 aromatic heterocycles. The topological polar surface area (TPSA) is 0 Å². The van der Waals surface area contributed by atoms with Crippen LogP contribution in [0, 0.1) is 5.82 Å². The molecule has 0 radical (unpaired) electrons. The summed E-state index contributed by atoms with van der Waals surface area (Å²) < 4.78 is 12.9. The predicted octanol–water partition coefficient (Wildman–Crippen LogP) is 3.11. The summed E-state index contributed by atoms with van der Waals surface area (Å²) in [7, 11) is 0. The summed E-state index contributed by atoms with van der Waals surface area (Å²) >= 11 is 1.64. The summed E-state index contributed by atoms with van der Waals surface area (Å²) in [5, 5.41) is 0. The Hall–Kier alpha value is -0.500. The number of thioether (sulfide) groups is 1. The highest BCUT2D eigenvalue weighted by atomic mass is 32.2. The quantitative estimate of drug-likeness (QED) is 0.614. The number of hydrogen-bond donors (Lipinski definition) is 0. The fraction of sp³-hybridized carbons (Fsp3) is 0.333. The molecule has 60 valence electrons. The van der Waals surface area contributed by atoms with E-state index in [-0.39, 0.29) is 5.82 Å². The van der Waals surface area contributed by atoms with Crippen LogP contribution >= 0.6 is 11.8 Å². The van der Waals surface area contributed by atoms with Crippen molar-refractivity contribution in [2.24, 2.45) is 0 Å². The first kappa shape index (κ1) is 8.60. The molecule has 1 aromatic carbocycles. The smallest absolute Gasteiger partial charge is 0.126 e. The Kier molecular flexibility index (Phi) is 2.94. The lowest BCUT2D eigenvalue weighted by atomic mass is 10.2. The molecule has 0 spiro atoms. The number of hydrogen-bond acceptors (Lipinski definition) is 1. The summed E-state index contributed by atoms with van der Waals surface area (Å²) in [6.07, 6.45) is 2.76. The van der Waals surface area contributed by atoms with Gasteiger partial charge >= 0.3 is 0 Å². The van der Waals surface area contributed by atoms with Crippen LogP contribution in [0.3, 0.4) is 0 Å². The fourth-order valence-electron chi connectivity index (χ4n) is 0.949. The molecule has 2 heteroatoms. The second-order valence-corrected chi connectivity index (χ2v) is 3.19. The van der Waals surface area contributed by atoms with Crippen molar-refractivity contribution in [3.63, 3.8) is 0 Å². The Labute approximate surface area is 70.8 Å². The minimum Gasteiger partial charge on any atom is -0.207 e. The molecule has 0 atom stereocenters. The lowest BCUT2D eigenvalue weighted by molar-refractivity contribution is 0.610. The summed E-state index contributed by atoms with van der Waals surface area (Å²) in [4.78, 5) is 1.13. The molecule has 0 aliphatic heterocycles. The Morgan fingerprint density at radius 3 is 2.73 bits per heavy atom. The van der Waals surface area contributed by atoms with E-state index < -0.39 is 0 Å². The third-order valence-electron chi connectivity index (χ3n) is 1.63. The summed E-state index contributed by atoms with van der Waals surface area (Å²) in [5.74, 6) is -0.0923. The second kappa shape index (κ2) is 3.77. The maximum atomic E-state index is 12.9. The van der Waals surface area contributed by atoms with E-state index in [0.29, 0.717) is 0 Å². The Bertz CT molecular complexity index is 245. The molecule has 1 rings (SSSR count). The van der Waals surface area contributed by atoms with Crippen LogP contribution < -0.4 is 0 Å². The van der Waals surface area contributed by atoms with Gasteiger partial charge in [-0.1, -0.05) is 6.92 Å². The van der Waals surface area contributed by atoms with Crippen molar-refractivity contribution >= 4 is 11.8 Å². The highest BCUT2D eigenvalue weighted by molar-refractivity contribution is 7.98. The number of rotatable bonds is 2. The molecule has 0 unspecified atom stereocenters. The van der Waals surface area contributed by atoms with Crippen LogP contribution in [0.5, 0.6) is 0 Å². The first-order valence-electron chi connectivity index (χ1n) is 3.60. The van der Waals surface area contributed by atoms with Gasteiger partial charge in [0.2, 0.25) is 0 Å². The highest BCUT2D eigenvalue weighted by Gasteiger charge is 1.99. The molecule has 0 fully saturated rings. The largest absolute Gasteiger partial charge is 0.207 e. The van der Waals surface area contributed by atoms with Gasteiger partial charge in [0, 0.05) is 4.90 Å². The highest BCUT2D eigenvalue weighted by Crippen LogP contribution is 2.18. The van der Waals surface area contributed by atoms with Crippen molar-refractivity contribution in [1.82, 2.24) is 0 Å². The summed E-state index contributed by atoms with van der Waals surface area (Å²) in [6, 6.07) is 5.24. The van der Waals surface area contributed by atoms with Gasteiger partial charge in [-0.2, -0.15) is 0 Å². The first-order valence-corrected chi connectivity index (χ1v) is 4.82. The number of benzene rings is 1. The average molecular weight is 170 g/mol. The molecule has 0 N–H and O–H groups in total. The molecule has 0 heterocycles. The maximum Gasteiger partial charge on any atom is 0.126 e. The van der Waals surface area contributed by atoms with Crippen LogP contribution in [0.25, 0.3) is 0 Å². The first-order chi connectivity index (χ1) is 5.27. The van der Waals surface area contributed by atoms with E-state index in [9.17, 15) is 4.39 Å². The van der Waals surface area contributed by atoms with E-state index in [4.69, 9.17) is 0 Å². The van der Waals surface area contributed by atoms with Crippen molar-refractivity contribution in [3.05, 3.63) is 29.6 Å². The zero-order valence-corrected chi connectivity index (χ0v) is 7.54. The Balaban J connectivity index is 3.02. The van der Waals surface area contributed by atoms with Gasteiger partial charge in [0.25, 0.3) is 0 Å². The molecular formula is C9H11FS. The lowest BCUT2D eigenvalue weighted by Crippen LogP contribution is -1.86. The number of aryl methyl sites for hydroxylation is 1. The van der Waals surface area contributed by atoms with E-state index in [1.54, 1.807) is 17.8 Å². The van der Waals surface area contributed by atoms with Crippen LogP contribution in [0.1, 0.15) is 12.5 Å². The minimum absolute atomic E-state index is 0.0923. The van der Waals surface area contributed by atoms with Crippen LogP contribution in [-0.2, 0) is 6.42 Å². The van der Waals surface area contributed by atoms with Gasteiger partial charge in [0.15, 0.2) is 0 Å². The molecule has 0 saturated carbocycles. The lowest BCUT2D eigenvalue weighted by Gasteiger charge is -2.01. The van der Waals surface area contributed by atoms with Crippen molar-refractivity contribution in [1.29, 1.82) is 0 Å². The van der Waals surface area contributed by atoms with Crippen molar-refractivity contribution in [2.45, 2.75) is 18.2 Å². The van der Waals surface area contributed by atoms with Gasteiger partial charge in [-0.3, -0.25) is 0 Å². The predicted molar refractivity (Wildman–Crippen MR) is 47.6 cm³/mol. The van der Waals surface area contributed by atoms with Crippen molar-refractivity contribution < 1.29 is 4.39 Å². The zero-order chi connectivity index (χ0) is 8.27. The second-order valence-electron chi connectivity index (χ2n) is 2.31. The Morgan fingerprint density at radius 1 is 1.45 bits per heavy atom. The van der Waals surface area contributed by atoms with E-state index in [1.165, 1.54) is 6.07 Å². The molecular weight excluding hydrogens is 159 g/mol. The Morgan fingerprint density at radius 2 is 2.18 bits per heavy atom. The van der Waals surface area contributed by atoms with E-state index >= 15 is 0 Å². The van der Waals surface area contributed by atoms with Gasteiger partial charge in [0.1, 0.15) is 5.82 Å². The fourth-order valence-corrected chi connectivity index (χ4v) is 1.41. The molecule has 0 amide bonds. The monoisotopic (exact) mass is 170 g/mol. The van der Waals surface area contributed by atoms with Crippen molar-refractivity contribution in [2.75, 3.05) is 6.26 Å². The molecule has 0 bridgehead atoms. The zero-order valence-electron chi connectivity index (χ0n) is 6.73. The molecule has 0 saturated heterocycles. The normalized spacial score (nSPS) is 10.1. The maximum absolute atomic E-state index is 12.9. The summed E-state index contributed by atoms with van der Waals surface area (Å²) in [6.45, 7) is 1.96. The van der Waals surface area contributed by atoms with Crippen LogP contribution in [0.4, 0.5) is 4.39 Å². The van der Waals surface area contributed by atoms with Gasteiger partial charge < -0.3 is 0 Å². The molecule has 0 aliphatic rings. The van der Waals surface area contributed by atoms with Gasteiger partial charge in [0.05, 0.1) is 0 Å². The van der Waals surface area contributed by atoms with E-state index in [1.807, 2.05) is 19.2 Å². The van der Waals surface area contributed by atoms with E-state index in [2.05, 4.69) is 0 Å². The average Bonchev–Trinajstić information content (AvgIpc) is 2.05. The third-order valence-corrected chi connectivity index (χ3v) is 2.36. The van der Waals surface area contributed by atoms with Gasteiger partial charge in [-0.15, -0.1) is 11.8 Å². The van der Waals surface area contributed by atoms with Gasteiger partial charge in [-0.05, 0) is 36.4 Å². The van der Waals surface area contributed by atoms with E-state index in [0.717, 1.165) is 16.9 Å². The van der Waals surface area contributed by atoms with Crippen LogP contribution in [0.15, 0.2) is 23.1 Å². The summed E-state index contributed by atoms with van der Waals surface area (Å²) in [5.41, 5.74) is 0.803. The molecule has 0 nitrogen and oxygen atoms in total. The number of halogens is 1. The molecule has 1 aromatic rings. The SMILES string of the molecule is CCc1cc(SC)ccc1F.